The molecule has 0 aliphatic carbocycles. The van der Waals surface area contributed by atoms with Crippen LogP contribution in [0, 0.1) is 0 Å². The monoisotopic (exact) mass is 373 g/mol. The summed E-state index contributed by atoms with van der Waals surface area (Å²) in [5.74, 6) is 0.392. The Labute approximate surface area is 159 Å². The molecule has 0 bridgehead atoms. The van der Waals surface area contributed by atoms with Crippen LogP contribution < -0.4 is 5.32 Å². The quantitative estimate of drug-likeness (QED) is 0.745. The van der Waals surface area contributed by atoms with Gasteiger partial charge in [0.1, 0.15) is 0 Å². The summed E-state index contributed by atoms with van der Waals surface area (Å²) < 4.78 is 5.51. The average molecular weight is 374 g/mol. The van der Waals surface area contributed by atoms with E-state index in [0.29, 0.717) is 38.5 Å². The zero-order valence-corrected chi connectivity index (χ0v) is 15.8. The van der Waals surface area contributed by atoms with Gasteiger partial charge in [0, 0.05) is 31.2 Å². The van der Waals surface area contributed by atoms with Crippen LogP contribution in [-0.4, -0.2) is 37.4 Å². The molecule has 26 heavy (non-hydrogen) atoms. The van der Waals surface area contributed by atoms with E-state index >= 15 is 0 Å². The lowest BCUT2D eigenvalue weighted by molar-refractivity contribution is -0.130. The molecule has 1 aliphatic rings. The third kappa shape index (κ3) is 4.34. The maximum atomic E-state index is 13.1. The van der Waals surface area contributed by atoms with E-state index in [1.54, 1.807) is 11.3 Å². The zero-order valence-electron chi connectivity index (χ0n) is 15.0. The summed E-state index contributed by atoms with van der Waals surface area (Å²) in [4.78, 5) is 14.4. The van der Waals surface area contributed by atoms with Gasteiger partial charge in [-0.25, -0.2) is 0 Å². The maximum Gasteiger partial charge on any atom is 0.230 e. The van der Waals surface area contributed by atoms with Crippen molar-refractivity contribution in [1.29, 1.82) is 0 Å². The molecule has 1 amide bonds. The molecule has 1 atom stereocenters. The van der Waals surface area contributed by atoms with Crippen LogP contribution in [0.4, 0.5) is 0 Å². The number of aliphatic hydroxyl groups is 1. The number of aliphatic hydroxyl groups excluding tert-OH is 1. The van der Waals surface area contributed by atoms with Crippen molar-refractivity contribution in [2.24, 2.45) is 0 Å². The summed E-state index contributed by atoms with van der Waals surface area (Å²) in [6.45, 7) is 2.02. The standard InChI is InChI=1S/C21H27NO3S/c23-13-9-17(19-7-4-16-26-19)8-12-22-20(24)21(10-14-25-15-11-21)18-5-2-1-3-6-18/h1-7,16-17,23H,8-15H2,(H,22,24)/t17-/m1/s1. The highest BCUT2D eigenvalue weighted by molar-refractivity contribution is 7.10. The SMILES string of the molecule is O=C(NCC[C@H](CCO)c1cccs1)C1(c2ccccc2)CCOCC1. The molecule has 0 unspecified atom stereocenters. The summed E-state index contributed by atoms with van der Waals surface area (Å²) in [5.41, 5.74) is 0.584. The highest BCUT2D eigenvalue weighted by atomic mass is 32.1. The molecular formula is C21H27NO3S. The fourth-order valence-corrected chi connectivity index (χ4v) is 4.66. The predicted molar refractivity (Wildman–Crippen MR) is 105 cm³/mol. The zero-order chi connectivity index (χ0) is 18.2. The molecule has 5 heteroatoms. The number of amides is 1. The Morgan fingerprint density at radius 2 is 1.92 bits per heavy atom. The van der Waals surface area contributed by atoms with Crippen LogP contribution in [0.25, 0.3) is 0 Å². The first-order valence-corrected chi connectivity index (χ1v) is 10.2. The van der Waals surface area contributed by atoms with E-state index in [1.165, 1.54) is 4.88 Å². The minimum atomic E-state index is -0.491. The average Bonchev–Trinajstić information content (AvgIpc) is 3.23. The van der Waals surface area contributed by atoms with Gasteiger partial charge >= 0.3 is 0 Å². The lowest BCUT2D eigenvalue weighted by Crippen LogP contribution is -2.48. The number of carbonyl (C=O) groups is 1. The fourth-order valence-electron chi connectivity index (χ4n) is 3.76. The van der Waals surface area contributed by atoms with Crippen molar-refractivity contribution in [2.45, 2.75) is 37.0 Å². The van der Waals surface area contributed by atoms with Crippen molar-refractivity contribution in [3.63, 3.8) is 0 Å². The number of benzene rings is 1. The van der Waals surface area contributed by atoms with Gasteiger partial charge in [-0.15, -0.1) is 11.3 Å². The lowest BCUT2D eigenvalue weighted by atomic mass is 9.73. The molecule has 1 aliphatic heterocycles. The van der Waals surface area contributed by atoms with E-state index in [1.807, 2.05) is 36.4 Å². The predicted octanol–water partition coefficient (Wildman–Crippen LogP) is 3.47. The van der Waals surface area contributed by atoms with Crippen molar-refractivity contribution < 1.29 is 14.6 Å². The van der Waals surface area contributed by atoms with Crippen LogP contribution in [0.2, 0.25) is 0 Å². The summed E-state index contributed by atoms with van der Waals surface area (Å²) >= 11 is 1.71. The van der Waals surface area contributed by atoms with E-state index in [9.17, 15) is 9.90 Å². The van der Waals surface area contributed by atoms with Crippen LogP contribution >= 0.6 is 11.3 Å². The molecular weight excluding hydrogens is 346 g/mol. The summed E-state index contributed by atoms with van der Waals surface area (Å²) in [7, 11) is 0. The van der Waals surface area contributed by atoms with Gasteiger partial charge in [-0.3, -0.25) is 4.79 Å². The van der Waals surface area contributed by atoms with Gasteiger partial charge in [-0.1, -0.05) is 36.4 Å². The number of hydrogen-bond acceptors (Lipinski definition) is 4. The molecule has 3 rings (SSSR count). The van der Waals surface area contributed by atoms with E-state index in [4.69, 9.17) is 4.74 Å². The number of ether oxygens (including phenoxy) is 1. The molecule has 1 fully saturated rings. The smallest absolute Gasteiger partial charge is 0.230 e. The molecule has 4 nitrogen and oxygen atoms in total. The van der Waals surface area contributed by atoms with Crippen molar-refractivity contribution in [3.8, 4) is 0 Å². The van der Waals surface area contributed by atoms with Crippen molar-refractivity contribution >= 4 is 17.2 Å². The van der Waals surface area contributed by atoms with Gasteiger partial charge in [-0.05, 0) is 48.6 Å². The molecule has 140 valence electrons. The lowest BCUT2D eigenvalue weighted by Gasteiger charge is -2.36. The van der Waals surface area contributed by atoms with E-state index < -0.39 is 5.41 Å². The Morgan fingerprint density at radius 1 is 1.15 bits per heavy atom. The van der Waals surface area contributed by atoms with Gasteiger partial charge in [-0.2, -0.15) is 0 Å². The van der Waals surface area contributed by atoms with Crippen LogP contribution in [0.3, 0.4) is 0 Å². The first-order chi connectivity index (χ1) is 12.8. The highest BCUT2D eigenvalue weighted by Gasteiger charge is 2.41. The minimum absolute atomic E-state index is 0.0981. The third-order valence-electron chi connectivity index (χ3n) is 5.31. The topological polar surface area (TPSA) is 58.6 Å². The Balaban J connectivity index is 1.65. The molecule has 1 saturated heterocycles. The van der Waals surface area contributed by atoms with Gasteiger partial charge in [0.2, 0.25) is 5.91 Å². The van der Waals surface area contributed by atoms with Gasteiger partial charge in [0.05, 0.1) is 5.41 Å². The molecule has 2 heterocycles. The number of hydrogen-bond donors (Lipinski definition) is 2. The molecule has 0 radical (unpaired) electrons. The largest absolute Gasteiger partial charge is 0.396 e. The molecule has 0 spiro atoms. The summed E-state index contributed by atoms with van der Waals surface area (Å²) in [5, 5.41) is 14.6. The van der Waals surface area contributed by atoms with E-state index in [2.05, 4.69) is 16.8 Å². The van der Waals surface area contributed by atoms with Crippen molar-refractivity contribution in [3.05, 3.63) is 58.3 Å². The second-order valence-electron chi connectivity index (χ2n) is 6.83. The summed E-state index contributed by atoms with van der Waals surface area (Å²) in [6, 6.07) is 14.2. The van der Waals surface area contributed by atoms with Gasteiger partial charge < -0.3 is 15.2 Å². The molecule has 1 aromatic heterocycles. The van der Waals surface area contributed by atoms with Crippen molar-refractivity contribution in [2.75, 3.05) is 26.4 Å². The highest BCUT2D eigenvalue weighted by Crippen LogP contribution is 2.35. The summed E-state index contributed by atoms with van der Waals surface area (Å²) in [6.07, 6.45) is 3.00. The second-order valence-corrected chi connectivity index (χ2v) is 7.81. The number of carbonyl (C=O) groups excluding carboxylic acids is 1. The maximum absolute atomic E-state index is 13.1. The van der Waals surface area contributed by atoms with Gasteiger partial charge in [0.25, 0.3) is 0 Å². The Bertz CT molecular complexity index is 666. The molecule has 2 aromatic rings. The van der Waals surface area contributed by atoms with Crippen LogP contribution in [0.1, 0.15) is 42.0 Å². The minimum Gasteiger partial charge on any atom is -0.396 e. The number of rotatable bonds is 8. The Kier molecular flexibility index (Phi) is 6.83. The molecule has 2 N–H and O–H groups in total. The van der Waals surface area contributed by atoms with Crippen LogP contribution in [0.5, 0.6) is 0 Å². The fraction of sp³-hybridized carbons (Fsp3) is 0.476. The second kappa shape index (κ2) is 9.31. The third-order valence-corrected chi connectivity index (χ3v) is 6.34. The van der Waals surface area contributed by atoms with Crippen molar-refractivity contribution in [1.82, 2.24) is 5.32 Å². The number of thiophene rings is 1. The Morgan fingerprint density at radius 3 is 2.58 bits per heavy atom. The van der Waals surface area contributed by atoms with E-state index in [-0.39, 0.29) is 12.5 Å². The molecule has 0 saturated carbocycles. The van der Waals surface area contributed by atoms with E-state index in [0.717, 1.165) is 18.4 Å². The molecule has 1 aromatic carbocycles. The van der Waals surface area contributed by atoms with Gasteiger partial charge in [0.15, 0.2) is 0 Å². The Hall–Kier alpha value is -1.69. The van der Waals surface area contributed by atoms with Crippen LogP contribution in [0.15, 0.2) is 47.8 Å². The van der Waals surface area contributed by atoms with Crippen LogP contribution in [-0.2, 0) is 14.9 Å². The normalized spacial score (nSPS) is 17.6. The number of nitrogens with one attached hydrogen (secondary N) is 1. The first-order valence-electron chi connectivity index (χ1n) is 9.32. The first kappa shape index (κ1) is 19.1.